The molecule has 1 amide bonds. The standard InChI is InChI=1S/C17H19NO2/c19-16-8-4-5-12-11-13(9-10-15(12)16)17(20)18-14-6-2-1-3-7-14/h4-5,8-11,14,19H,1-3,6-7H2,(H,18,20). The van der Waals surface area contributed by atoms with E-state index in [1.807, 2.05) is 12.1 Å². The number of rotatable bonds is 2. The average molecular weight is 269 g/mol. The van der Waals surface area contributed by atoms with Gasteiger partial charge in [0.25, 0.3) is 5.91 Å². The lowest BCUT2D eigenvalue weighted by molar-refractivity contribution is 0.0928. The number of carbonyl (C=O) groups is 1. The van der Waals surface area contributed by atoms with Crippen LogP contribution in [0, 0.1) is 0 Å². The van der Waals surface area contributed by atoms with E-state index < -0.39 is 0 Å². The van der Waals surface area contributed by atoms with Crippen molar-refractivity contribution in [3.8, 4) is 5.75 Å². The molecule has 0 heterocycles. The molecule has 0 aliphatic heterocycles. The van der Waals surface area contributed by atoms with Crippen LogP contribution >= 0.6 is 0 Å². The molecule has 3 nitrogen and oxygen atoms in total. The first kappa shape index (κ1) is 13.0. The van der Waals surface area contributed by atoms with Gasteiger partial charge >= 0.3 is 0 Å². The van der Waals surface area contributed by atoms with Crippen LogP contribution in [0.15, 0.2) is 36.4 Å². The fourth-order valence-electron chi connectivity index (χ4n) is 2.92. The van der Waals surface area contributed by atoms with Gasteiger partial charge in [0.05, 0.1) is 0 Å². The molecule has 0 radical (unpaired) electrons. The first-order valence-corrected chi connectivity index (χ1v) is 7.26. The topological polar surface area (TPSA) is 49.3 Å². The summed E-state index contributed by atoms with van der Waals surface area (Å²) in [5, 5.41) is 14.5. The summed E-state index contributed by atoms with van der Waals surface area (Å²) in [6.07, 6.45) is 5.86. The van der Waals surface area contributed by atoms with Crippen molar-refractivity contribution < 1.29 is 9.90 Å². The van der Waals surface area contributed by atoms with Crippen molar-refractivity contribution in [2.24, 2.45) is 0 Å². The predicted octanol–water partition coefficient (Wildman–Crippen LogP) is 3.61. The van der Waals surface area contributed by atoms with Gasteiger partial charge in [0.15, 0.2) is 0 Å². The van der Waals surface area contributed by atoms with Crippen LogP contribution in [0.3, 0.4) is 0 Å². The first-order chi connectivity index (χ1) is 9.74. The van der Waals surface area contributed by atoms with E-state index in [0.29, 0.717) is 11.6 Å². The van der Waals surface area contributed by atoms with Gasteiger partial charge in [-0.25, -0.2) is 0 Å². The first-order valence-electron chi connectivity index (χ1n) is 7.26. The third kappa shape index (κ3) is 2.62. The molecule has 1 aliphatic carbocycles. The van der Waals surface area contributed by atoms with Gasteiger partial charge in [-0.15, -0.1) is 0 Å². The van der Waals surface area contributed by atoms with Crippen molar-refractivity contribution in [3.63, 3.8) is 0 Å². The zero-order valence-electron chi connectivity index (χ0n) is 11.4. The normalized spacial score (nSPS) is 16.2. The molecule has 3 heteroatoms. The van der Waals surface area contributed by atoms with Gasteiger partial charge in [-0.3, -0.25) is 4.79 Å². The van der Waals surface area contributed by atoms with Gasteiger partial charge in [-0.05, 0) is 42.5 Å². The molecular weight excluding hydrogens is 250 g/mol. The maximum absolute atomic E-state index is 12.3. The number of hydrogen-bond donors (Lipinski definition) is 2. The lowest BCUT2D eigenvalue weighted by atomic mass is 9.95. The smallest absolute Gasteiger partial charge is 0.251 e. The Bertz CT molecular complexity index is 630. The van der Waals surface area contributed by atoms with Gasteiger partial charge in [0.1, 0.15) is 5.75 Å². The lowest BCUT2D eigenvalue weighted by Gasteiger charge is -2.22. The van der Waals surface area contributed by atoms with Crippen LogP contribution in [-0.2, 0) is 0 Å². The number of nitrogens with one attached hydrogen (secondary N) is 1. The Kier molecular flexibility index (Phi) is 3.59. The van der Waals surface area contributed by atoms with Crippen LogP contribution in [0.4, 0.5) is 0 Å². The number of phenols is 1. The molecule has 3 rings (SSSR count). The number of phenolic OH excluding ortho intramolecular Hbond substituents is 1. The molecule has 0 aromatic heterocycles. The van der Waals surface area contributed by atoms with Crippen molar-refractivity contribution in [1.82, 2.24) is 5.32 Å². The SMILES string of the molecule is O=C(NC1CCCCC1)c1ccc2c(O)cccc2c1. The third-order valence-electron chi connectivity index (χ3n) is 4.06. The highest BCUT2D eigenvalue weighted by Crippen LogP contribution is 2.25. The van der Waals surface area contributed by atoms with Crippen LogP contribution in [0.1, 0.15) is 42.5 Å². The Morgan fingerprint density at radius 3 is 2.70 bits per heavy atom. The van der Waals surface area contributed by atoms with Crippen LogP contribution in [0.5, 0.6) is 5.75 Å². The van der Waals surface area contributed by atoms with E-state index in [0.717, 1.165) is 23.6 Å². The second kappa shape index (κ2) is 5.53. The van der Waals surface area contributed by atoms with E-state index in [1.54, 1.807) is 24.3 Å². The molecule has 104 valence electrons. The molecule has 2 aromatic carbocycles. The molecule has 2 N–H and O–H groups in total. The Morgan fingerprint density at radius 2 is 1.90 bits per heavy atom. The largest absolute Gasteiger partial charge is 0.507 e. The molecule has 0 saturated heterocycles. The molecular formula is C17H19NO2. The minimum Gasteiger partial charge on any atom is -0.507 e. The summed E-state index contributed by atoms with van der Waals surface area (Å²) in [5.41, 5.74) is 0.661. The van der Waals surface area contributed by atoms with Crippen molar-refractivity contribution in [3.05, 3.63) is 42.0 Å². The fraction of sp³-hybridized carbons (Fsp3) is 0.353. The number of benzene rings is 2. The highest BCUT2D eigenvalue weighted by molar-refractivity contribution is 5.99. The molecule has 1 saturated carbocycles. The molecule has 0 atom stereocenters. The van der Waals surface area contributed by atoms with Crippen molar-refractivity contribution in [1.29, 1.82) is 0 Å². The number of amides is 1. The molecule has 1 aliphatic rings. The zero-order valence-corrected chi connectivity index (χ0v) is 11.4. The van der Waals surface area contributed by atoms with E-state index in [1.165, 1.54) is 19.3 Å². The van der Waals surface area contributed by atoms with Crippen LogP contribution in [0.25, 0.3) is 10.8 Å². The van der Waals surface area contributed by atoms with Gasteiger partial charge < -0.3 is 10.4 Å². The van der Waals surface area contributed by atoms with Crippen molar-refractivity contribution in [2.75, 3.05) is 0 Å². The maximum atomic E-state index is 12.3. The Morgan fingerprint density at radius 1 is 1.10 bits per heavy atom. The monoisotopic (exact) mass is 269 g/mol. The fourth-order valence-corrected chi connectivity index (χ4v) is 2.92. The summed E-state index contributed by atoms with van der Waals surface area (Å²) in [4.78, 5) is 12.3. The number of carbonyl (C=O) groups excluding carboxylic acids is 1. The van der Waals surface area contributed by atoms with Crippen LogP contribution in [0.2, 0.25) is 0 Å². The van der Waals surface area contributed by atoms with Gasteiger partial charge in [-0.2, -0.15) is 0 Å². The Hall–Kier alpha value is -2.03. The maximum Gasteiger partial charge on any atom is 0.251 e. The lowest BCUT2D eigenvalue weighted by Crippen LogP contribution is -2.36. The summed E-state index contributed by atoms with van der Waals surface area (Å²) >= 11 is 0. The van der Waals surface area contributed by atoms with E-state index in [4.69, 9.17) is 0 Å². The van der Waals surface area contributed by atoms with Crippen LogP contribution < -0.4 is 5.32 Å². The number of fused-ring (bicyclic) bond motifs is 1. The van der Waals surface area contributed by atoms with E-state index >= 15 is 0 Å². The highest BCUT2D eigenvalue weighted by Gasteiger charge is 2.16. The van der Waals surface area contributed by atoms with Crippen molar-refractivity contribution in [2.45, 2.75) is 38.1 Å². The summed E-state index contributed by atoms with van der Waals surface area (Å²) in [6, 6.07) is 11.1. The molecule has 0 unspecified atom stereocenters. The quantitative estimate of drug-likeness (QED) is 0.875. The van der Waals surface area contributed by atoms with Crippen LogP contribution in [-0.4, -0.2) is 17.1 Å². The second-order valence-electron chi connectivity index (χ2n) is 5.52. The summed E-state index contributed by atoms with van der Waals surface area (Å²) in [5.74, 6) is 0.240. The molecule has 1 fully saturated rings. The molecule has 20 heavy (non-hydrogen) atoms. The van der Waals surface area contributed by atoms with Gasteiger partial charge in [0, 0.05) is 17.0 Å². The predicted molar refractivity (Wildman–Crippen MR) is 80.0 cm³/mol. The van der Waals surface area contributed by atoms with Gasteiger partial charge in [-0.1, -0.05) is 31.4 Å². The number of aromatic hydroxyl groups is 1. The highest BCUT2D eigenvalue weighted by atomic mass is 16.3. The minimum atomic E-state index is -0.0119. The van der Waals surface area contributed by atoms with E-state index in [2.05, 4.69) is 5.32 Å². The molecule has 0 bridgehead atoms. The zero-order chi connectivity index (χ0) is 13.9. The summed E-state index contributed by atoms with van der Waals surface area (Å²) in [7, 11) is 0. The Labute approximate surface area is 118 Å². The minimum absolute atomic E-state index is 0.0119. The van der Waals surface area contributed by atoms with Crippen molar-refractivity contribution >= 4 is 16.7 Å². The van der Waals surface area contributed by atoms with E-state index in [-0.39, 0.29) is 11.7 Å². The second-order valence-corrected chi connectivity index (χ2v) is 5.52. The summed E-state index contributed by atoms with van der Waals surface area (Å²) < 4.78 is 0. The number of hydrogen-bond acceptors (Lipinski definition) is 2. The Balaban J connectivity index is 1.80. The summed E-state index contributed by atoms with van der Waals surface area (Å²) in [6.45, 7) is 0. The average Bonchev–Trinajstić information content (AvgIpc) is 2.48. The molecule has 0 spiro atoms. The van der Waals surface area contributed by atoms with E-state index in [9.17, 15) is 9.90 Å². The van der Waals surface area contributed by atoms with Gasteiger partial charge in [0.2, 0.25) is 0 Å². The molecule has 2 aromatic rings. The third-order valence-corrected chi connectivity index (χ3v) is 4.06.